The van der Waals surface area contributed by atoms with Crippen LogP contribution in [0.25, 0.3) is 0 Å². The minimum atomic E-state index is -0.894. The Labute approximate surface area is 112 Å². The van der Waals surface area contributed by atoms with Gasteiger partial charge in [0.25, 0.3) is 5.78 Å². The fourth-order valence-corrected chi connectivity index (χ4v) is 2.69. The molecule has 1 aromatic carbocycles. The number of rotatable bonds is 3. The highest BCUT2D eigenvalue weighted by molar-refractivity contribution is 6.41. The predicted molar refractivity (Wildman–Crippen MR) is 70.4 cm³/mol. The third-order valence-electron chi connectivity index (χ3n) is 3.54. The summed E-state index contributed by atoms with van der Waals surface area (Å²) in [4.78, 5) is 23.7. The Morgan fingerprint density at radius 1 is 1.26 bits per heavy atom. The van der Waals surface area contributed by atoms with Gasteiger partial charge in [-0.25, -0.2) is 4.79 Å². The van der Waals surface area contributed by atoms with Gasteiger partial charge in [0.15, 0.2) is 0 Å². The standard InChI is InChI=1S/C15H18O4/c1-3-19-15(18)14(17)13-11-7-5-4-6-10(11)9(2)8-12(13)16/h8,16H,3-7H2,1-2H3. The topological polar surface area (TPSA) is 63.6 Å². The van der Waals surface area contributed by atoms with Gasteiger partial charge < -0.3 is 9.84 Å². The van der Waals surface area contributed by atoms with E-state index >= 15 is 0 Å². The second kappa shape index (κ2) is 5.43. The van der Waals surface area contributed by atoms with E-state index in [-0.39, 0.29) is 17.9 Å². The summed E-state index contributed by atoms with van der Waals surface area (Å²) >= 11 is 0. The number of ketones is 1. The van der Waals surface area contributed by atoms with Gasteiger partial charge in [-0.3, -0.25) is 4.79 Å². The van der Waals surface area contributed by atoms with Crippen LogP contribution in [-0.4, -0.2) is 23.5 Å². The van der Waals surface area contributed by atoms with Gasteiger partial charge in [-0.15, -0.1) is 0 Å². The Morgan fingerprint density at radius 3 is 2.53 bits per heavy atom. The molecular formula is C15H18O4. The Kier molecular flexibility index (Phi) is 3.88. The lowest BCUT2D eigenvalue weighted by molar-refractivity contribution is -0.137. The third-order valence-corrected chi connectivity index (χ3v) is 3.54. The van der Waals surface area contributed by atoms with Crippen LogP contribution in [0.1, 0.15) is 46.8 Å². The first-order valence-electron chi connectivity index (χ1n) is 6.62. The summed E-state index contributed by atoms with van der Waals surface area (Å²) in [6.45, 7) is 3.72. The summed E-state index contributed by atoms with van der Waals surface area (Å²) in [5.41, 5.74) is 3.03. The van der Waals surface area contributed by atoms with Crippen LogP contribution in [0.3, 0.4) is 0 Å². The minimum absolute atomic E-state index is 0.115. The average Bonchev–Trinajstić information content (AvgIpc) is 2.39. The lowest BCUT2D eigenvalue weighted by Gasteiger charge is -2.21. The van der Waals surface area contributed by atoms with Crippen LogP contribution in [0.5, 0.6) is 5.75 Å². The van der Waals surface area contributed by atoms with Crippen molar-refractivity contribution in [3.8, 4) is 5.75 Å². The number of phenols is 1. The van der Waals surface area contributed by atoms with Crippen LogP contribution < -0.4 is 0 Å². The van der Waals surface area contributed by atoms with Crippen molar-refractivity contribution in [2.75, 3.05) is 6.61 Å². The Morgan fingerprint density at radius 2 is 1.89 bits per heavy atom. The van der Waals surface area contributed by atoms with Crippen molar-refractivity contribution in [3.63, 3.8) is 0 Å². The molecule has 4 heteroatoms. The molecule has 0 atom stereocenters. The van der Waals surface area contributed by atoms with Gasteiger partial charge >= 0.3 is 5.97 Å². The molecule has 102 valence electrons. The molecule has 0 unspecified atom stereocenters. The molecule has 0 aliphatic heterocycles. The van der Waals surface area contributed by atoms with Crippen molar-refractivity contribution in [3.05, 3.63) is 28.3 Å². The summed E-state index contributed by atoms with van der Waals surface area (Å²) in [6.07, 6.45) is 3.67. The van der Waals surface area contributed by atoms with Gasteiger partial charge in [-0.1, -0.05) is 0 Å². The first kappa shape index (κ1) is 13.6. The van der Waals surface area contributed by atoms with E-state index in [1.54, 1.807) is 13.0 Å². The monoisotopic (exact) mass is 262 g/mol. The molecule has 0 fully saturated rings. The Bertz CT molecular complexity index is 531. The molecule has 2 rings (SSSR count). The first-order chi connectivity index (χ1) is 9.06. The molecule has 0 bridgehead atoms. The number of fused-ring (bicyclic) bond motifs is 1. The summed E-state index contributed by atoms with van der Waals surface area (Å²) < 4.78 is 4.73. The average molecular weight is 262 g/mol. The smallest absolute Gasteiger partial charge is 0.379 e. The number of ether oxygens (including phenoxy) is 1. The molecule has 19 heavy (non-hydrogen) atoms. The van der Waals surface area contributed by atoms with Gasteiger partial charge in [0.2, 0.25) is 0 Å². The highest BCUT2D eigenvalue weighted by Crippen LogP contribution is 2.33. The fourth-order valence-electron chi connectivity index (χ4n) is 2.69. The molecule has 0 heterocycles. The molecule has 0 spiro atoms. The molecule has 0 saturated carbocycles. The number of aryl methyl sites for hydroxylation is 1. The van der Waals surface area contributed by atoms with Crippen molar-refractivity contribution in [2.24, 2.45) is 0 Å². The lowest BCUT2D eigenvalue weighted by atomic mass is 9.84. The van der Waals surface area contributed by atoms with Gasteiger partial charge in [0, 0.05) is 0 Å². The molecule has 1 aliphatic carbocycles. The number of aromatic hydroxyl groups is 1. The van der Waals surface area contributed by atoms with Crippen molar-refractivity contribution in [1.29, 1.82) is 0 Å². The SMILES string of the molecule is CCOC(=O)C(=O)c1c(O)cc(C)c2c1CCCC2. The summed E-state index contributed by atoms with van der Waals surface area (Å²) in [5, 5.41) is 10.0. The quantitative estimate of drug-likeness (QED) is 0.516. The number of esters is 1. The van der Waals surface area contributed by atoms with Crippen LogP contribution in [0.2, 0.25) is 0 Å². The van der Waals surface area contributed by atoms with Crippen molar-refractivity contribution >= 4 is 11.8 Å². The molecule has 4 nitrogen and oxygen atoms in total. The number of benzene rings is 1. The second-order valence-corrected chi connectivity index (χ2v) is 4.80. The molecule has 0 aromatic heterocycles. The van der Waals surface area contributed by atoms with Gasteiger partial charge in [-0.05, 0) is 62.3 Å². The molecule has 0 saturated heterocycles. The number of carbonyl (C=O) groups is 2. The minimum Gasteiger partial charge on any atom is -0.507 e. The molecular weight excluding hydrogens is 244 g/mol. The van der Waals surface area contributed by atoms with Gasteiger partial charge in [-0.2, -0.15) is 0 Å². The zero-order valence-corrected chi connectivity index (χ0v) is 11.3. The zero-order chi connectivity index (χ0) is 14.0. The van der Waals surface area contributed by atoms with Crippen LogP contribution in [0, 0.1) is 6.92 Å². The van der Waals surface area contributed by atoms with Gasteiger partial charge in [0.1, 0.15) is 5.75 Å². The highest BCUT2D eigenvalue weighted by Gasteiger charge is 2.28. The molecule has 1 aliphatic rings. The fraction of sp³-hybridized carbons (Fsp3) is 0.467. The van der Waals surface area contributed by atoms with E-state index in [4.69, 9.17) is 4.74 Å². The zero-order valence-electron chi connectivity index (χ0n) is 11.3. The molecule has 0 radical (unpaired) electrons. The van der Waals surface area contributed by atoms with Crippen LogP contribution >= 0.6 is 0 Å². The van der Waals surface area contributed by atoms with E-state index in [1.165, 1.54) is 0 Å². The summed E-state index contributed by atoms with van der Waals surface area (Å²) in [5.74, 6) is -1.75. The van der Waals surface area contributed by atoms with Crippen LogP contribution in [0.15, 0.2) is 6.07 Å². The molecule has 1 aromatic rings. The number of hydrogen-bond acceptors (Lipinski definition) is 4. The number of carbonyl (C=O) groups excluding carboxylic acids is 2. The van der Waals surface area contributed by atoms with E-state index in [0.717, 1.165) is 42.4 Å². The van der Waals surface area contributed by atoms with E-state index in [0.29, 0.717) is 0 Å². The van der Waals surface area contributed by atoms with E-state index in [1.807, 2.05) is 6.92 Å². The highest BCUT2D eigenvalue weighted by atomic mass is 16.5. The van der Waals surface area contributed by atoms with Crippen LogP contribution in [0.4, 0.5) is 0 Å². The maximum atomic E-state index is 12.1. The third kappa shape index (κ3) is 2.48. The molecule has 0 amide bonds. The van der Waals surface area contributed by atoms with Gasteiger partial charge in [0.05, 0.1) is 12.2 Å². The normalized spacial score (nSPS) is 13.8. The Balaban J connectivity index is 2.51. The van der Waals surface area contributed by atoms with E-state index in [9.17, 15) is 14.7 Å². The van der Waals surface area contributed by atoms with Crippen molar-refractivity contribution in [1.82, 2.24) is 0 Å². The number of hydrogen-bond donors (Lipinski definition) is 1. The van der Waals surface area contributed by atoms with Crippen LogP contribution in [-0.2, 0) is 22.4 Å². The maximum Gasteiger partial charge on any atom is 0.379 e. The summed E-state index contributed by atoms with van der Waals surface area (Å²) in [6, 6.07) is 1.57. The molecule has 1 N–H and O–H groups in total. The largest absolute Gasteiger partial charge is 0.507 e. The predicted octanol–water partition coefficient (Wildman–Crippen LogP) is 2.33. The van der Waals surface area contributed by atoms with E-state index in [2.05, 4.69) is 0 Å². The first-order valence-corrected chi connectivity index (χ1v) is 6.62. The summed E-state index contributed by atoms with van der Waals surface area (Å²) in [7, 11) is 0. The van der Waals surface area contributed by atoms with Crippen molar-refractivity contribution in [2.45, 2.75) is 39.5 Å². The second-order valence-electron chi connectivity index (χ2n) is 4.80. The maximum absolute atomic E-state index is 12.1. The lowest BCUT2D eigenvalue weighted by Crippen LogP contribution is -2.21. The number of Topliss-reactive ketones (excluding diaryl/α,β-unsaturated/α-hetero) is 1. The van der Waals surface area contributed by atoms with E-state index < -0.39 is 11.8 Å². The van der Waals surface area contributed by atoms with Crippen molar-refractivity contribution < 1.29 is 19.4 Å². The number of phenolic OH excluding ortho intramolecular Hbond substituents is 1. The Hall–Kier alpha value is -1.84.